The summed E-state index contributed by atoms with van der Waals surface area (Å²) >= 11 is 0. The first-order chi connectivity index (χ1) is 9.61. The van der Waals surface area contributed by atoms with Crippen LogP contribution in [0.15, 0.2) is 48.5 Å². The van der Waals surface area contributed by atoms with Crippen LogP contribution in [0.2, 0.25) is 0 Å². The third kappa shape index (κ3) is 3.27. The highest BCUT2D eigenvalue weighted by Crippen LogP contribution is 2.17. The van der Waals surface area contributed by atoms with Crippen molar-refractivity contribution in [1.82, 2.24) is 5.32 Å². The molecule has 1 atom stereocenters. The van der Waals surface area contributed by atoms with Crippen molar-refractivity contribution in [2.45, 2.75) is 33.2 Å². The average Bonchev–Trinajstić information content (AvgIpc) is 2.48. The minimum absolute atomic E-state index is 0.0104. The molecule has 0 bridgehead atoms. The second-order valence-electron chi connectivity index (χ2n) is 5.14. The molecule has 0 aromatic heterocycles. The third-order valence-electron chi connectivity index (χ3n) is 3.68. The molecule has 0 saturated heterocycles. The van der Waals surface area contributed by atoms with Gasteiger partial charge in [0.25, 0.3) is 5.91 Å². The van der Waals surface area contributed by atoms with Crippen molar-refractivity contribution in [3.63, 3.8) is 0 Å². The number of hydrogen-bond acceptors (Lipinski definition) is 1. The fraction of sp³-hybridized carbons (Fsp3) is 0.278. The predicted octanol–water partition coefficient (Wildman–Crippen LogP) is 4.18. The van der Waals surface area contributed by atoms with Crippen LogP contribution >= 0.6 is 0 Å². The van der Waals surface area contributed by atoms with Crippen LogP contribution in [0.3, 0.4) is 0 Å². The normalized spacial score (nSPS) is 11.9. The van der Waals surface area contributed by atoms with Crippen LogP contribution in [0, 0.1) is 13.8 Å². The summed E-state index contributed by atoms with van der Waals surface area (Å²) in [6.07, 6.45) is 0.876. The molecule has 20 heavy (non-hydrogen) atoms. The molecule has 104 valence electrons. The first-order valence-corrected chi connectivity index (χ1v) is 7.05. The molecular formula is C18H21NO. The van der Waals surface area contributed by atoms with Gasteiger partial charge in [-0.1, -0.05) is 43.3 Å². The van der Waals surface area contributed by atoms with E-state index in [0.717, 1.165) is 23.1 Å². The Balaban J connectivity index is 2.15. The molecule has 2 aromatic rings. The van der Waals surface area contributed by atoms with Crippen LogP contribution in [-0.4, -0.2) is 5.91 Å². The summed E-state index contributed by atoms with van der Waals surface area (Å²) in [5.41, 5.74) is 4.22. The standard InChI is InChI=1S/C18H21NO/c1-4-17(15-8-6-5-7-9-15)19-18(20)16-11-10-13(2)14(3)12-16/h5-12,17H,4H2,1-3H3,(H,19,20). The summed E-state index contributed by atoms with van der Waals surface area (Å²) in [7, 11) is 0. The Labute approximate surface area is 120 Å². The third-order valence-corrected chi connectivity index (χ3v) is 3.68. The van der Waals surface area contributed by atoms with Crippen molar-refractivity contribution < 1.29 is 4.79 Å². The van der Waals surface area contributed by atoms with Crippen molar-refractivity contribution in [3.05, 3.63) is 70.8 Å². The molecule has 2 nitrogen and oxygen atoms in total. The number of nitrogens with one attached hydrogen (secondary N) is 1. The van der Waals surface area contributed by atoms with Gasteiger partial charge >= 0.3 is 0 Å². The quantitative estimate of drug-likeness (QED) is 0.884. The van der Waals surface area contributed by atoms with Gasteiger partial charge in [-0.25, -0.2) is 0 Å². The van der Waals surface area contributed by atoms with Gasteiger partial charge in [-0.15, -0.1) is 0 Å². The number of carbonyl (C=O) groups excluding carboxylic acids is 1. The Morgan fingerprint density at radius 2 is 1.75 bits per heavy atom. The van der Waals surface area contributed by atoms with Crippen molar-refractivity contribution in [2.24, 2.45) is 0 Å². The highest BCUT2D eigenvalue weighted by Gasteiger charge is 2.14. The summed E-state index contributed by atoms with van der Waals surface area (Å²) in [5.74, 6) is -0.0104. The summed E-state index contributed by atoms with van der Waals surface area (Å²) in [5, 5.41) is 3.11. The average molecular weight is 267 g/mol. The molecule has 1 amide bonds. The Hall–Kier alpha value is -2.09. The monoisotopic (exact) mass is 267 g/mol. The number of benzene rings is 2. The lowest BCUT2D eigenvalue weighted by molar-refractivity contribution is 0.0935. The van der Waals surface area contributed by atoms with E-state index < -0.39 is 0 Å². The zero-order chi connectivity index (χ0) is 14.5. The second-order valence-corrected chi connectivity index (χ2v) is 5.14. The highest BCUT2D eigenvalue weighted by atomic mass is 16.1. The van der Waals surface area contributed by atoms with Crippen LogP contribution in [0.4, 0.5) is 0 Å². The molecule has 2 heteroatoms. The molecule has 2 aromatic carbocycles. The largest absolute Gasteiger partial charge is 0.345 e. The van der Waals surface area contributed by atoms with E-state index in [9.17, 15) is 4.79 Å². The van der Waals surface area contributed by atoms with Crippen LogP contribution < -0.4 is 5.32 Å². The summed E-state index contributed by atoms with van der Waals surface area (Å²) < 4.78 is 0. The second kappa shape index (κ2) is 6.38. The van der Waals surface area contributed by atoms with Crippen LogP contribution in [-0.2, 0) is 0 Å². The van der Waals surface area contributed by atoms with Crippen molar-refractivity contribution in [2.75, 3.05) is 0 Å². The Morgan fingerprint density at radius 3 is 2.35 bits per heavy atom. The Kier molecular flexibility index (Phi) is 4.57. The van der Waals surface area contributed by atoms with E-state index in [1.54, 1.807) is 0 Å². The molecule has 0 aliphatic heterocycles. The van der Waals surface area contributed by atoms with Gasteiger partial charge in [0, 0.05) is 5.56 Å². The van der Waals surface area contributed by atoms with E-state index in [2.05, 4.69) is 31.3 Å². The molecule has 0 saturated carbocycles. The predicted molar refractivity (Wildman–Crippen MR) is 82.9 cm³/mol. The minimum atomic E-state index is -0.0104. The van der Waals surface area contributed by atoms with Gasteiger partial charge in [-0.3, -0.25) is 4.79 Å². The fourth-order valence-corrected chi connectivity index (χ4v) is 2.23. The molecular weight excluding hydrogens is 246 g/mol. The topological polar surface area (TPSA) is 29.1 Å². The first-order valence-electron chi connectivity index (χ1n) is 7.05. The number of amides is 1. The zero-order valence-electron chi connectivity index (χ0n) is 12.3. The van der Waals surface area contributed by atoms with Crippen molar-refractivity contribution in [1.29, 1.82) is 0 Å². The van der Waals surface area contributed by atoms with Gasteiger partial charge in [-0.2, -0.15) is 0 Å². The molecule has 1 unspecified atom stereocenters. The van der Waals surface area contributed by atoms with Crippen LogP contribution in [0.5, 0.6) is 0 Å². The number of rotatable bonds is 4. The molecule has 0 spiro atoms. The van der Waals surface area contributed by atoms with E-state index >= 15 is 0 Å². The summed E-state index contributed by atoms with van der Waals surface area (Å²) in [6.45, 7) is 6.16. The fourth-order valence-electron chi connectivity index (χ4n) is 2.23. The maximum absolute atomic E-state index is 12.3. The summed E-state index contributed by atoms with van der Waals surface area (Å²) in [6, 6.07) is 16.0. The van der Waals surface area contributed by atoms with E-state index in [1.165, 1.54) is 5.56 Å². The zero-order valence-corrected chi connectivity index (χ0v) is 12.3. The van der Waals surface area contributed by atoms with Crippen molar-refractivity contribution in [3.8, 4) is 0 Å². The highest BCUT2D eigenvalue weighted by molar-refractivity contribution is 5.94. The molecule has 0 fully saturated rings. The SMILES string of the molecule is CCC(NC(=O)c1ccc(C)c(C)c1)c1ccccc1. The minimum Gasteiger partial charge on any atom is -0.345 e. The van der Waals surface area contributed by atoms with E-state index in [0.29, 0.717) is 0 Å². The summed E-state index contributed by atoms with van der Waals surface area (Å²) in [4.78, 5) is 12.3. The lowest BCUT2D eigenvalue weighted by Crippen LogP contribution is -2.28. The molecule has 0 aliphatic rings. The first kappa shape index (κ1) is 14.3. The molecule has 2 rings (SSSR count). The van der Waals surface area contributed by atoms with E-state index in [4.69, 9.17) is 0 Å². The maximum Gasteiger partial charge on any atom is 0.251 e. The van der Waals surface area contributed by atoms with Crippen LogP contribution in [0.1, 0.15) is 46.4 Å². The van der Waals surface area contributed by atoms with Gasteiger partial charge in [0.05, 0.1) is 6.04 Å². The van der Waals surface area contributed by atoms with E-state index in [-0.39, 0.29) is 11.9 Å². The number of aryl methyl sites for hydroxylation is 2. The number of carbonyl (C=O) groups is 1. The maximum atomic E-state index is 12.3. The molecule has 1 N–H and O–H groups in total. The van der Waals surface area contributed by atoms with Gasteiger partial charge in [0.2, 0.25) is 0 Å². The number of hydrogen-bond donors (Lipinski definition) is 1. The Bertz CT molecular complexity index is 590. The van der Waals surface area contributed by atoms with Gasteiger partial charge < -0.3 is 5.32 Å². The van der Waals surface area contributed by atoms with Crippen LogP contribution in [0.25, 0.3) is 0 Å². The lowest BCUT2D eigenvalue weighted by Gasteiger charge is -2.17. The van der Waals surface area contributed by atoms with Gasteiger partial charge in [-0.05, 0) is 49.1 Å². The van der Waals surface area contributed by atoms with Crippen molar-refractivity contribution >= 4 is 5.91 Å². The molecule has 0 aliphatic carbocycles. The lowest BCUT2D eigenvalue weighted by atomic mass is 10.0. The molecule has 0 heterocycles. The van der Waals surface area contributed by atoms with Gasteiger partial charge in [0.15, 0.2) is 0 Å². The molecule has 0 radical (unpaired) electrons. The smallest absolute Gasteiger partial charge is 0.251 e. The Morgan fingerprint density at radius 1 is 1.05 bits per heavy atom. The van der Waals surface area contributed by atoms with Gasteiger partial charge in [0.1, 0.15) is 0 Å². The van der Waals surface area contributed by atoms with E-state index in [1.807, 2.05) is 43.3 Å².